The highest BCUT2D eigenvalue weighted by atomic mass is 35.5. The number of hydrogen-bond donors (Lipinski definition) is 2. The summed E-state index contributed by atoms with van der Waals surface area (Å²) in [5.41, 5.74) is 5.93. The van der Waals surface area contributed by atoms with Gasteiger partial charge in [0, 0.05) is 18.8 Å². The van der Waals surface area contributed by atoms with E-state index in [1.807, 2.05) is 6.92 Å². The highest BCUT2D eigenvalue weighted by molar-refractivity contribution is 6.32. The van der Waals surface area contributed by atoms with Crippen LogP contribution in [0, 0.1) is 0 Å². The van der Waals surface area contributed by atoms with Gasteiger partial charge in [-0.2, -0.15) is 0 Å². The maximum absolute atomic E-state index is 6.02. The number of nitrogens with one attached hydrogen (secondary N) is 1. The first-order valence-corrected chi connectivity index (χ1v) is 5.84. The minimum Gasteiger partial charge on any atom is -0.376 e. The summed E-state index contributed by atoms with van der Waals surface area (Å²) in [6.45, 7) is 2.68. The second kappa shape index (κ2) is 4.99. The zero-order chi connectivity index (χ0) is 11.5. The van der Waals surface area contributed by atoms with Gasteiger partial charge in [0.1, 0.15) is 5.82 Å². The first-order chi connectivity index (χ1) is 7.72. The summed E-state index contributed by atoms with van der Waals surface area (Å²) in [5.74, 6) is 0.675. The predicted molar refractivity (Wildman–Crippen MR) is 64.7 cm³/mol. The van der Waals surface area contributed by atoms with Crippen LogP contribution in [0.4, 0.5) is 5.82 Å². The molecule has 4 nitrogen and oxygen atoms in total. The number of nitrogens with two attached hydrogens (primary N) is 1. The smallest absolute Gasteiger partial charge is 0.145 e. The Morgan fingerprint density at radius 3 is 3.12 bits per heavy atom. The van der Waals surface area contributed by atoms with Crippen LogP contribution >= 0.6 is 11.6 Å². The molecule has 0 amide bonds. The maximum atomic E-state index is 6.02. The van der Waals surface area contributed by atoms with E-state index in [1.165, 1.54) is 0 Å². The maximum Gasteiger partial charge on any atom is 0.145 e. The van der Waals surface area contributed by atoms with Gasteiger partial charge < -0.3 is 15.8 Å². The van der Waals surface area contributed by atoms with Crippen molar-refractivity contribution >= 4 is 17.4 Å². The van der Waals surface area contributed by atoms with E-state index in [9.17, 15) is 0 Å². The molecule has 0 spiro atoms. The van der Waals surface area contributed by atoms with Crippen LogP contribution in [-0.2, 0) is 4.74 Å². The van der Waals surface area contributed by atoms with E-state index in [0.717, 1.165) is 6.42 Å². The molecule has 0 saturated heterocycles. The number of halogens is 1. The van der Waals surface area contributed by atoms with E-state index in [1.54, 1.807) is 18.3 Å². The Hall–Kier alpha value is -0.840. The van der Waals surface area contributed by atoms with Crippen molar-refractivity contribution in [2.75, 3.05) is 11.9 Å². The third kappa shape index (κ3) is 2.29. The first-order valence-electron chi connectivity index (χ1n) is 5.46. The normalized spacial score (nSPS) is 28.6. The van der Waals surface area contributed by atoms with Gasteiger partial charge in [-0.3, -0.25) is 0 Å². The first kappa shape index (κ1) is 11.6. The van der Waals surface area contributed by atoms with E-state index in [4.69, 9.17) is 22.1 Å². The molecule has 0 aromatic carbocycles. The van der Waals surface area contributed by atoms with Crippen LogP contribution in [0.5, 0.6) is 0 Å². The molecule has 3 atom stereocenters. The van der Waals surface area contributed by atoms with Gasteiger partial charge in [0.05, 0.1) is 17.2 Å². The molecule has 2 rings (SSSR count). The third-order valence-corrected chi connectivity index (χ3v) is 3.11. The summed E-state index contributed by atoms with van der Waals surface area (Å²) in [7, 11) is 0. The average Bonchev–Trinajstić information content (AvgIpc) is 2.28. The van der Waals surface area contributed by atoms with Gasteiger partial charge in [-0.05, 0) is 25.5 Å². The topological polar surface area (TPSA) is 60.2 Å². The lowest BCUT2D eigenvalue weighted by Gasteiger charge is -2.42. The van der Waals surface area contributed by atoms with Crippen molar-refractivity contribution in [3.8, 4) is 0 Å². The number of hydrogen-bond acceptors (Lipinski definition) is 4. The summed E-state index contributed by atoms with van der Waals surface area (Å²) < 4.78 is 5.56. The molecule has 0 bridgehead atoms. The Bertz CT molecular complexity index is 359. The number of nitrogens with zero attached hydrogens (tertiary/aromatic N) is 1. The predicted octanol–water partition coefficient (Wildman–Crippen LogP) is 1.65. The quantitative estimate of drug-likeness (QED) is 0.842. The lowest BCUT2D eigenvalue weighted by atomic mass is 9.83. The Morgan fingerprint density at radius 2 is 2.50 bits per heavy atom. The summed E-state index contributed by atoms with van der Waals surface area (Å²) >= 11 is 6.02. The summed E-state index contributed by atoms with van der Waals surface area (Å²) in [4.78, 5) is 4.17. The molecule has 1 aromatic heterocycles. The van der Waals surface area contributed by atoms with E-state index >= 15 is 0 Å². The zero-order valence-electron chi connectivity index (χ0n) is 9.19. The van der Waals surface area contributed by atoms with Crippen molar-refractivity contribution in [1.29, 1.82) is 0 Å². The van der Waals surface area contributed by atoms with E-state index < -0.39 is 0 Å². The van der Waals surface area contributed by atoms with Crippen LogP contribution in [0.15, 0.2) is 18.3 Å². The van der Waals surface area contributed by atoms with E-state index in [0.29, 0.717) is 17.4 Å². The van der Waals surface area contributed by atoms with Gasteiger partial charge in [-0.1, -0.05) is 11.6 Å². The molecule has 1 aliphatic rings. The van der Waals surface area contributed by atoms with E-state index in [2.05, 4.69) is 10.3 Å². The van der Waals surface area contributed by atoms with Crippen molar-refractivity contribution in [3.63, 3.8) is 0 Å². The summed E-state index contributed by atoms with van der Waals surface area (Å²) in [5, 5.41) is 3.85. The molecule has 88 valence electrons. The molecule has 0 aliphatic heterocycles. The van der Waals surface area contributed by atoms with Crippen molar-refractivity contribution in [3.05, 3.63) is 23.4 Å². The highest BCUT2D eigenvalue weighted by Gasteiger charge is 2.39. The van der Waals surface area contributed by atoms with Crippen LogP contribution in [-0.4, -0.2) is 29.8 Å². The SMILES string of the molecule is CCOC1CC(N)C1Nc1ncccc1Cl. The summed E-state index contributed by atoms with van der Waals surface area (Å²) in [6.07, 6.45) is 2.75. The van der Waals surface area contributed by atoms with Crippen LogP contribution in [0.25, 0.3) is 0 Å². The Kier molecular flexibility index (Phi) is 3.63. The standard InChI is InChI=1S/C11H16ClN3O/c1-2-16-9-6-8(13)10(9)15-11-7(12)4-3-5-14-11/h3-5,8-10H,2,6,13H2,1H3,(H,14,15). The number of rotatable bonds is 4. The van der Waals surface area contributed by atoms with E-state index in [-0.39, 0.29) is 18.2 Å². The van der Waals surface area contributed by atoms with Gasteiger partial charge in [-0.15, -0.1) is 0 Å². The fourth-order valence-electron chi connectivity index (χ4n) is 1.88. The largest absolute Gasteiger partial charge is 0.376 e. The third-order valence-electron chi connectivity index (χ3n) is 2.81. The lowest BCUT2D eigenvalue weighted by Crippen LogP contribution is -2.60. The second-order valence-corrected chi connectivity index (χ2v) is 4.30. The molecule has 1 saturated carbocycles. The van der Waals surface area contributed by atoms with Gasteiger partial charge in [0.15, 0.2) is 0 Å². The fourth-order valence-corrected chi connectivity index (χ4v) is 2.05. The Labute approximate surface area is 100 Å². The lowest BCUT2D eigenvalue weighted by molar-refractivity contribution is -0.0127. The molecule has 3 unspecified atom stereocenters. The Balaban J connectivity index is 2.01. The molecule has 3 N–H and O–H groups in total. The number of anilines is 1. The molecule has 1 aliphatic carbocycles. The molecule has 16 heavy (non-hydrogen) atoms. The molecule has 5 heteroatoms. The molecule has 1 heterocycles. The van der Waals surface area contributed by atoms with Gasteiger partial charge in [0.2, 0.25) is 0 Å². The zero-order valence-corrected chi connectivity index (χ0v) is 9.95. The number of ether oxygens (including phenoxy) is 1. The average molecular weight is 242 g/mol. The molecular weight excluding hydrogens is 226 g/mol. The van der Waals surface area contributed by atoms with Crippen molar-refractivity contribution in [2.24, 2.45) is 5.73 Å². The Morgan fingerprint density at radius 1 is 1.69 bits per heavy atom. The highest BCUT2D eigenvalue weighted by Crippen LogP contribution is 2.28. The van der Waals surface area contributed by atoms with Crippen molar-refractivity contribution < 1.29 is 4.74 Å². The minimum absolute atomic E-state index is 0.104. The summed E-state index contributed by atoms with van der Waals surface area (Å²) in [6, 6.07) is 3.81. The van der Waals surface area contributed by atoms with Crippen LogP contribution in [0.3, 0.4) is 0 Å². The second-order valence-electron chi connectivity index (χ2n) is 3.90. The molecule has 1 fully saturated rings. The molecule has 0 radical (unpaired) electrons. The van der Waals surface area contributed by atoms with Crippen molar-refractivity contribution in [2.45, 2.75) is 31.5 Å². The van der Waals surface area contributed by atoms with Gasteiger partial charge in [0.25, 0.3) is 0 Å². The van der Waals surface area contributed by atoms with Gasteiger partial charge in [-0.25, -0.2) is 4.98 Å². The monoisotopic (exact) mass is 241 g/mol. The van der Waals surface area contributed by atoms with Gasteiger partial charge >= 0.3 is 0 Å². The fraction of sp³-hybridized carbons (Fsp3) is 0.545. The van der Waals surface area contributed by atoms with Crippen molar-refractivity contribution in [1.82, 2.24) is 4.98 Å². The van der Waals surface area contributed by atoms with Crippen LogP contribution in [0.1, 0.15) is 13.3 Å². The van der Waals surface area contributed by atoms with Crippen LogP contribution in [0.2, 0.25) is 5.02 Å². The number of aromatic nitrogens is 1. The molecular formula is C11H16ClN3O. The minimum atomic E-state index is 0.104. The number of pyridine rings is 1. The van der Waals surface area contributed by atoms with Crippen LogP contribution < -0.4 is 11.1 Å². The molecule has 1 aromatic rings.